The van der Waals surface area contributed by atoms with E-state index in [1.54, 1.807) is 6.20 Å². The van der Waals surface area contributed by atoms with E-state index in [9.17, 15) is 4.79 Å². The molecule has 2 aromatic rings. The third kappa shape index (κ3) is 3.82. The smallest absolute Gasteiger partial charge is 0.236 e. The molecule has 1 amide bonds. The van der Waals surface area contributed by atoms with Crippen LogP contribution in [-0.4, -0.2) is 47.9 Å². The minimum absolute atomic E-state index is 0.101. The van der Waals surface area contributed by atoms with Crippen LogP contribution in [0.4, 0.5) is 0 Å². The van der Waals surface area contributed by atoms with Crippen molar-refractivity contribution in [3.63, 3.8) is 0 Å². The van der Waals surface area contributed by atoms with Crippen LogP contribution in [0.15, 0.2) is 48.7 Å². The maximum absolute atomic E-state index is 13.5. The molecule has 0 aliphatic carbocycles. The Morgan fingerprint density at radius 1 is 1.00 bits per heavy atom. The molecule has 2 saturated heterocycles. The van der Waals surface area contributed by atoms with Crippen molar-refractivity contribution < 1.29 is 14.3 Å². The Bertz CT molecular complexity index is 788. The van der Waals surface area contributed by atoms with Crippen molar-refractivity contribution in [2.75, 3.05) is 26.3 Å². The quantitative estimate of drug-likeness (QED) is 0.812. The van der Waals surface area contributed by atoms with Crippen LogP contribution in [0.1, 0.15) is 55.3 Å². The minimum Gasteiger partial charge on any atom is -0.347 e. The standard InChI is InChI=1S/C23H28N2O3/c1-17(2)18-6-8-19(9-7-18)21(20-5-3-4-12-24-20)22(26)25-13-10-23(11-14-25)27-15-16-28-23/h3-9,12,17,21H,10-11,13-16H2,1-2H3. The van der Waals surface area contributed by atoms with Crippen LogP contribution >= 0.6 is 0 Å². The van der Waals surface area contributed by atoms with Crippen LogP contribution < -0.4 is 0 Å². The van der Waals surface area contributed by atoms with Crippen LogP contribution in [0, 0.1) is 0 Å². The zero-order valence-corrected chi connectivity index (χ0v) is 16.6. The van der Waals surface area contributed by atoms with E-state index >= 15 is 0 Å². The van der Waals surface area contributed by atoms with Gasteiger partial charge in [0.2, 0.25) is 5.91 Å². The van der Waals surface area contributed by atoms with Gasteiger partial charge in [-0.2, -0.15) is 0 Å². The zero-order valence-electron chi connectivity index (χ0n) is 16.6. The minimum atomic E-state index is -0.476. The molecule has 1 unspecified atom stereocenters. The molecule has 5 nitrogen and oxygen atoms in total. The number of carbonyl (C=O) groups is 1. The van der Waals surface area contributed by atoms with Gasteiger partial charge in [0.05, 0.1) is 18.9 Å². The van der Waals surface area contributed by atoms with E-state index in [1.165, 1.54) is 5.56 Å². The Labute approximate surface area is 166 Å². The summed E-state index contributed by atoms with van der Waals surface area (Å²) in [6, 6.07) is 14.1. The van der Waals surface area contributed by atoms with Gasteiger partial charge in [-0.15, -0.1) is 0 Å². The van der Waals surface area contributed by atoms with Crippen molar-refractivity contribution in [1.29, 1.82) is 0 Å². The number of piperidine rings is 1. The second kappa shape index (κ2) is 8.02. The largest absolute Gasteiger partial charge is 0.347 e. The summed E-state index contributed by atoms with van der Waals surface area (Å²) in [5.74, 6) is -0.301. The monoisotopic (exact) mass is 380 g/mol. The first kappa shape index (κ1) is 19.1. The van der Waals surface area contributed by atoms with Crippen LogP contribution in [0.25, 0.3) is 0 Å². The van der Waals surface area contributed by atoms with Crippen molar-refractivity contribution in [3.05, 3.63) is 65.5 Å². The molecule has 3 heterocycles. The second-order valence-electron chi connectivity index (χ2n) is 7.94. The molecule has 2 aliphatic rings. The summed E-state index contributed by atoms with van der Waals surface area (Å²) in [5, 5.41) is 0. The predicted octanol–water partition coefficient (Wildman–Crippen LogP) is 3.70. The number of hydrogen-bond acceptors (Lipinski definition) is 4. The average Bonchev–Trinajstić information content (AvgIpc) is 3.18. The van der Waals surface area contributed by atoms with E-state index in [0.29, 0.717) is 32.2 Å². The number of hydrogen-bond donors (Lipinski definition) is 0. The molecule has 1 spiro atoms. The van der Waals surface area contributed by atoms with E-state index in [1.807, 2.05) is 23.1 Å². The molecule has 4 rings (SSSR count). The van der Waals surface area contributed by atoms with Crippen molar-refractivity contribution in [1.82, 2.24) is 9.88 Å². The lowest BCUT2D eigenvalue weighted by atomic mass is 9.90. The maximum Gasteiger partial charge on any atom is 0.236 e. The molecule has 0 radical (unpaired) electrons. The second-order valence-corrected chi connectivity index (χ2v) is 7.94. The molecular formula is C23H28N2O3. The number of ether oxygens (including phenoxy) is 2. The normalized spacial score (nSPS) is 19.9. The molecule has 5 heteroatoms. The fourth-order valence-electron chi connectivity index (χ4n) is 4.10. The van der Waals surface area contributed by atoms with Crippen molar-refractivity contribution >= 4 is 5.91 Å². The molecule has 2 fully saturated rings. The summed E-state index contributed by atoms with van der Waals surface area (Å²) in [6.45, 7) is 6.93. The van der Waals surface area contributed by atoms with Gasteiger partial charge in [0.1, 0.15) is 5.92 Å². The van der Waals surface area contributed by atoms with Crippen LogP contribution in [0.2, 0.25) is 0 Å². The first-order valence-electron chi connectivity index (χ1n) is 10.2. The molecular weight excluding hydrogens is 352 g/mol. The Morgan fingerprint density at radius 3 is 2.21 bits per heavy atom. The number of nitrogens with zero attached hydrogens (tertiary/aromatic N) is 2. The highest BCUT2D eigenvalue weighted by atomic mass is 16.7. The summed E-state index contributed by atoms with van der Waals surface area (Å²) in [6.07, 6.45) is 3.20. The highest BCUT2D eigenvalue weighted by molar-refractivity contribution is 5.86. The molecule has 2 aliphatic heterocycles. The lowest BCUT2D eigenvalue weighted by Crippen LogP contribution is -2.48. The summed E-state index contributed by atoms with van der Waals surface area (Å²) >= 11 is 0. The molecule has 148 valence electrons. The number of amides is 1. The van der Waals surface area contributed by atoms with Gasteiger partial charge in [0, 0.05) is 32.1 Å². The van der Waals surface area contributed by atoms with Crippen molar-refractivity contribution in [2.24, 2.45) is 0 Å². The summed E-state index contributed by atoms with van der Waals surface area (Å²) in [4.78, 5) is 20.0. The molecule has 0 bridgehead atoms. The van der Waals surface area contributed by atoms with Gasteiger partial charge in [-0.25, -0.2) is 0 Å². The fraction of sp³-hybridized carbons (Fsp3) is 0.478. The third-order valence-corrected chi connectivity index (χ3v) is 5.82. The van der Waals surface area contributed by atoms with Gasteiger partial charge in [0.25, 0.3) is 0 Å². The molecule has 28 heavy (non-hydrogen) atoms. The predicted molar refractivity (Wildman–Crippen MR) is 107 cm³/mol. The van der Waals surface area contributed by atoms with Gasteiger partial charge in [-0.3, -0.25) is 9.78 Å². The van der Waals surface area contributed by atoms with E-state index in [-0.39, 0.29) is 11.8 Å². The first-order chi connectivity index (χ1) is 13.6. The van der Waals surface area contributed by atoms with Crippen molar-refractivity contribution in [3.8, 4) is 0 Å². The molecule has 1 aromatic carbocycles. The van der Waals surface area contributed by atoms with Gasteiger partial charge >= 0.3 is 0 Å². The first-order valence-corrected chi connectivity index (χ1v) is 10.2. The Balaban J connectivity index is 1.58. The fourth-order valence-corrected chi connectivity index (χ4v) is 4.10. The highest BCUT2D eigenvalue weighted by Crippen LogP contribution is 2.34. The highest BCUT2D eigenvalue weighted by Gasteiger charge is 2.42. The Morgan fingerprint density at radius 2 is 1.64 bits per heavy atom. The maximum atomic E-state index is 13.5. The van der Waals surface area contributed by atoms with E-state index in [4.69, 9.17) is 9.47 Å². The summed E-state index contributed by atoms with van der Waals surface area (Å²) in [7, 11) is 0. The number of benzene rings is 1. The number of pyridine rings is 1. The van der Waals surface area contributed by atoms with E-state index in [0.717, 1.165) is 24.1 Å². The number of carbonyl (C=O) groups excluding carboxylic acids is 1. The summed E-state index contributed by atoms with van der Waals surface area (Å²) in [5.41, 5.74) is 3.05. The topological polar surface area (TPSA) is 51.7 Å². The van der Waals surface area contributed by atoms with Crippen LogP contribution in [0.5, 0.6) is 0 Å². The SMILES string of the molecule is CC(C)c1ccc(C(C(=O)N2CCC3(CC2)OCCO3)c2ccccn2)cc1. The zero-order chi connectivity index (χ0) is 19.6. The van der Waals surface area contributed by atoms with E-state index in [2.05, 4.69) is 43.1 Å². The number of aromatic nitrogens is 1. The van der Waals surface area contributed by atoms with Crippen LogP contribution in [-0.2, 0) is 14.3 Å². The Hall–Kier alpha value is -2.24. The average molecular weight is 380 g/mol. The van der Waals surface area contributed by atoms with Gasteiger partial charge in [0.15, 0.2) is 5.79 Å². The van der Waals surface area contributed by atoms with Crippen molar-refractivity contribution in [2.45, 2.75) is 44.3 Å². The summed E-state index contributed by atoms with van der Waals surface area (Å²) < 4.78 is 11.6. The lowest BCUT2D eigenvalue weighted by molar-refractivity contribution is -0.187. The lowest BCUT2D eigenvalue weighted by Gasteiger charge is -2.38. The number of rotatable bonds is 4. The van der Waals surface area contributed by atoms with Crippen LogP contribution in [0.3, 0.4) is 0 Å². The molecule has 0 saturated carbocycles. The molecule has 1 atom stereocenters. The van der Waals surface area contributed by atoms with Gasteiger partial charge < -0.3 is 14.4 Å². The number of likely N-dealkylation sites (tertiary alicyclic amines) is 1. The molecule has 0 N–H and O–H groups in total. The third-order valence-electron chi connectivity index (χ3n) is 5.82. The van der Waals surface area contributed by atoms with E-state index < -0.39 is 5.79 Å². The van der Waals surface area contributed by atoms with Gasteiger partial charge in [-0.1, -0.05) is 44.2 Å². The Kier molecular flexibility index (Phi) is 5.47. The molecule has 1 aromatic heterocycles. The van der Waals surface area contributed by atoms with Gasteiger partial charge in [-0.05, 0) is 29.2 Å².